The van der Waals surface area contributed by atoms with Crippen LogP contribution in [0.1, 0.15) is 25.3 Å². The van der Waals surface area contributed by atoms with Gasteiger partial charge in [0.2, 0.25) is 0 Å². The summed E-state index contributed by atoms with van der Waals surface area (Å²) < 4.78 is 5.50. The molecule has 3 nitrogen and oxygen atoms in total. The first-order chi connectivity index (χ1) is 7.79. The highest BCUT2D eigenvalue weighted by Gasteiger charge is 2.19. The summed E-state index contributed by atoms with van der Waals surface area (Å²) in [5.41, 5.74) is 1.64. The second kappa shape index (κ2) is 5.00. The third-order valence-corrected chi connectivity index (χ3v) is 2.89. The standard InChI is InChI=1S/C13H16N2O/c1-10-8-12(6-7-16-10)15-13-5-3-2-4-11(13)9-14/h2-5,10,12,15H,6-8H2,1H3. The van der Waals surface area contributed by atoms with Gasteiger partial charge in [0.25, 0.3) is 0 Å². The SMILES string of the molecule is CC1CC(Nc2ccccc2C#N)CCO1. The maximum atomic E-state index is 8.99. The van der Waals surface area contributed by atoms with Crippen LogP contribution in [0.5, 0.6) is 0 Å². The number of hydrogen-bond donors (Lipinski definition) is 1. The zero-order valence-corrected chi connectivity index (χ0v) is 9.44. The van der Waals surface area contributed by atoms with Crippen molar-refractivity contribution in [1.29, 1.82) is 5.26 Å². The van der Waals surface area contributed by atoms with Gasteiger partial charge in [-0.15, -0.1) is 0 Å². The Bertz CT molecular complexity index is 397. The van der Waals surface area contributed by atoms with Crippen molar-refractivity contribution in [3.05, 3.63) is 29.8 Å². The van der Waals surface area contributed by atoms with Crippen LogP contribution in [-0.2, 0) is 4.74 Å². The van der Waals surface area contributed by atoms with Gasteiger partial charge in [0, 0.05) is 12.6 Å². The van der Waals surface area contributed by atoms with Crippen LogP contribution in [0, 0.1) is 11.3 Å². The highest BCUT2D eigenvalue weighted by Crippen LogP contribution is 2.20. The fourth-order valence-electron chi connectivity index (χ4n) is 2.06. The molecule has 0 saturated carbocycles. The molecule has 1 aliphatic rings. The second-order valence-electron chi connectivity index (χ2n) is 4.20. The van der Waals surface area contributed by atoms with E-state index in [9.17, 15) is 0 Å². The molecule has 0 aromatic heterocycles. The van der Waals surface area contributed by atoms with E-state index in [1.165, 1.54) is 0 Å². The van der Waals surface area contributed by atoms with Gasteiger partial charge in [0.05, 0.1) is 17.4 Å². The fraction of sp³-hybridized carbons (Fsp3) is 0.462. The Kier molecular flexibility index (Phi) is 3.43. The van der Waals surface area contributed by atoms with Crippen LogP contribution in [0.4, 0.5) is 5.69 Å². The molecule has 2 rings (SSSR count). The minimum Gasteiger partial charge on any atom is -0.381 e. The summed E-state index contributed by atoms with van der Waals surface area (Å²) >= 11 is 0. The quantitative estimate of drug-likeness (QED) is 0.826. The zero-order valence-electron chi connectivity index (χ0n) is 9.44. The van der Waals surface area contributed by atoms with Crippen molar-refractivity contribution < 1.29 is 4.74 Å². The zero-order chi connectivity index (χ0) is 11.4. The van der Waals surface area contributed by atoms with Crippen LogP contribution >= 0.6 is 0 Å². The molecule has 1 aromatic carbocycles. The molecule has 0 spiro atoms. The number of anilines is 1. The highest BCUT2D eigenvalue weighted by atomic mass is 16.5. The summed E-state index contributed by atoms with van der Waals surface area (Å²) in [6, 6.07) is 10.2. The average Bonchev–Trinajstić information content (AvgIpc) is 2.30. The summed E-state index contributed by atoms with van der Waals surface area (Å²) in [7, 11) is 0. The number of hydrogen-bond acceptors (Lipinski definition) is 3. The Hall–Kier alpha value is -1.53. The average molecular weight is 216 g/mol. The first-order valence-electron chi connectivity index (χ1n) is 5.67. The maximum absolute atomic E-state index is 8.99. The van der Waals surface area contributed by atoms with Gasteiger partial charge in [-0.1, -0.05) is 12.1 Å². The van der Waals surface area contributed by atoms with Crippen molar-refractivity contribution in [3.63, 3.8) is 0 Å². The summed E-state index contributed by atoms with van der Waals surface area (Å²) in [4.78, 5) is 0. The Morgan fingerprint density at radius 3 is 3.00 bits per heavy atom. The van der Waals surface area contributed by atoms with E-state index < -0.39 is 0 Å². The van der Waals surface area contributed by atoms with Gasteiger partial charge < -0.3 is 10.1 Å². The molecular formula is C13H16N2O. The lowest BCUT2D eigenvalue weighted by Gasteiger charge is -2.28. The van der Waals surface area contributed by atoms with Crippen molar-refractivity contribution in [3.8, 4) is 6.07 Å². The molecule has 84 valence electrons. The van der Waals surface area contributed by atoms with Gasteiger partial charge in [-0.05, 0) is 31.9 Å². The molecule has 0 aliphatic carbocycles. The normalized spacial score (nSPS) is 24.8. The number of rotatable bonds is 2. The topological polar surface area (TPSA) is 45.0 Å². The van der Waals surface area contributed by atoms with Crippen LogP contribution in [0.25, 0.3) is 0 Å². The van der Waals surface area contributed by atoms with E-state index in [0.717, 1.165) is 25.1 Å². The number of nitriles is 1. The van der Waals surface area contributed by atoms with Gasteiger partial charge in [-0.3, -0.25) is 0 Å². The Balaban J connectivity index is 2.06. The Labute approximate surface area is 96.0 Å². The molecule has 0 amide bonds. The van der Waals surface area contributed by atoms with Crippen LogP contribution in [0.15, 0.2) is 24.3 Å². The molecule has 2 unspecified atom stereocenters. The van der Waals surface area contributed by atoms with Gasteiger partial charge in [0.1, 0.15) is 6.07 Å². The summed E-state index contributed by atoms with van der Waals surface area (Å²) in [6.45, 7) is 2.89. The number of nitrogens with one attached hydrogen (secondary N) is 1. The number of benzene rings is 1. The molecule has 1 heterocycles. The van der Waals surface area contributed by atoms with Gasteiger partial charge in [-0.25, -0.2) is 0 Å². The molecular weight excluding hydrogens is 200 g/mol. The minimum atomic E-state index is 0.306. The van der Waals surface area contributed by atoms with Gasteiger partial charge >= 0.3 is 0 Å². The molecule has 3 heteroatoms. The molecule has 1 fully saturated rings. The van der Waals surface area contributed by atoms with Crippen LogP contribution in [-0.4, -0.2) is 18.8 Å². The molecule has 16 heavy (non-hydrogen) atoms. The highest BCUT2D eigenvalue weighted by molar-refractivity contribution is 5.57. The third-order valence-electron chi connectivity index (χ3n) is 2.89. The summed E-state index contributed by atoms with van der Waals surface area (Å²) in [5.74, 6) is 0. The molecule has 1 aliphatic heterocycles. The Morgan fingerprint density at radius 1 is 1.44 bits per heavy atom. The predicted octanol–water partition coefficient (Wildman–Crippen LogP) is 2.54. The van der Waals surface area contributed by atoms with Crippen molar-refractivity contribution in [2.24, 2.45) is 0 Å². The van der Waals surface area contributed by atoms with E-state index in [4.69, 9.17) is 10.00 Å². The molecule has 1 saturated heterocycles. The first kappa shape index (κ1) is 11.0. The number of ether oxygens (including phenoxy) is 1. The number of nitrogens with zero attached hydrogens (tertiary/aromatic N) is 1. The molecule has 1 aromatic rings. The lowest BCUT2D eigenvalue weighted by molar-refractivity contribution is 0.0232. The van der Waals surface area contributed by atoms with Crippen molar-refractivity contribution in [2.75, 3.05) is 11.9 Å². The smallest absolute Gasteiger partial charge is 0.101 e. The van der Waals surface area contributed by atoms with E-state index in [2.05, 4.69) is 18.3 Å². The fourth-order valence-corrected chi connectivity index (χ4v) is 2.06. The van der Waals surface area contributed by atoms with E-state index in [1.807, 2.05) is 24.3 Å². The summed E-state index contributed by atoms with van der Waals surface area (Å²) in [5, 5.41) is 12.4. The van der Waals surface area contributed by atoms with E-state index in [1.54, 1.807) is 0 Å². The lowest BCUT2D eigenvalue weighted by atomic mass is 10.0. The van der Waals surface area contributed by atoms with E-state index in [-0.39, 0.29) is 0 Å². The van der Waals surface area contributed by atoms with Gasteiger partial charge in [-0.2, -0.15) is 5.26 Å². The summed E-state index contributed by atoms with van der Waals surface area (Å²) in [6.07, 6.45) is 2.31. The van der Waals surface area contributed by atoms with Crippen LogP contribution < -0.4 is 5.32 Å². The molecule has 0 radical (unpaired) electrons. The maximum Gasteiger partial charge on any atom is 0.101 e. The molecule has 1 N–H and O–H groups in total. The molecule has 2 atom stereocenters. The molecule has 0 bridgehead atoms. The predicted molar refractivity (Wildman–Crippen MR) is 63.2 cm³/mol. The lowest BCUT2D eigenvalue weighted by Crippen LogP contribution is -2.32. The van der Waals surface area contributed by atoms with E-state index in [0.29, 0.717) is 17.7 Å². The number of para-hydroxylation sites is 1. The minimum absolute atomic E-state index is 0.306. The van der Waals surface area contributed by atoms with Crippen molar-refractivity contribution >= 4 is 5.69 Å². The van der Waals surface area contributed by atoms with Gasteiger partial charge in [0.15, 0.2) is 0 Å². The van der Waals surface area contributed by atoms with Crippen molar-refractivity contribution in [1.82, 2.24) is 0 Å². The van der Waals surface area contributed by atoms with Crippen LogP contribution in [0.3, 0.4) is 0 Å². The monoisotopic (exact) mass is 216 g/mol. The third kappa shape index (κ3) is 2.53. The van der Waals surface area contributed by atoms with Crippen LogP contribution in [0.2, 0.25) is 0 Å². The Morgan fingerprint density at radius 2 is 2.25 bits per heavy atom. The van der Waals surface area contributed by atoms with E-state index >= 15 is 0 Å². The van der Waals surface area contributed by atoms with Crippen molar-refractivity contribution in [2.45, 2.75) is 31.9 Å². The largest absolute Gasteiger partial charge is 0.381 e. The second-order valence-corrected chi connectivity index (χ2v) is 4.20. The first-order valence-corrected chi connectivity index (χ1v) is 5.67.